The van der Waals surface area contributed by atoms with Gasteiger partial charge < -0.3 is 0 Å². The van der Waals surface area contributed by atoms with Gasteiger partial charge in [-0.3, -0.25) is 14.3 Å². The zero-order valence-electron chi connectivity index (χ0n) is 11.3. The maximum absolute atomic E-state index is 12.5. The molecule has 2 aromatic rings. The molecule has 0 spiro atoms. The Labute approximate surface area is 112 Å². The van der Waals surface area contributed by atoms with E-state index in [1.807, 2.05) is 31.2 Å². The molecule has 0 atom stereocenters. The highest BCUT2D eigenvalue weighted by atomic mass is 16.1. The molecular weight excluding hydrogens is 238 g/mol. The van der Waals surface area contributed by atoms with Crippen LogP contribution < -0.4 is 5.56 Å². The average Bonchev–Trinajstić information content (AvgIpc) is 2.92. The third kappa shape index (κ3) is 2.28. The Morgan fingerprint density at radius 2 is 1.95 bits per heavy atom. The minimum Gasteiger partial charge on any atom is -0.296 e. The Kier molecular flexibility index (Phi) is 3.34. The van der Waals surface area contributed by atoms with Crippen LogP contribution in [0.25, 0.3) is 10.9 Å². The van der Waals surface area contributed by atoms with Crippen molar-refractivity contribution >= 4 is 10.9 Å². The summed E-state index contributed by atoms with van der Waals surface area (Å²) in [4.78, 5) is 19.5. The summed E-state index contributed by atoms with van der Waals surface area (Å²) >= 11 is 0. The van der Waals surface area contributed by atoms with Crippen LogP contribution in [0.1, 0.15) is 25.6 Å². The first kappa shape index (κ1) is 12.4. The quantitative estimate of drug-likeness (QED) is 0.844. The van der Waals surface area contributed by atoms with Crippen molar-refractivity contribution in [1.82, 2.24) is 14.5 Å². The summed E-state index contributed by atoms with van der Waals surface area (Å²) < 4.78 is 1.81. The molecule has 3 rings (SSSR count). The summed E-state index contributed by atoms with van der Waals surface area (Å²) in [5.41, 5.74) is 0.897. The second-order valence-corrected chi connectivity index (χ2v) is 5.08. The van der Waals surface area contributed by atoms with Gasteiger partial charge in [-0.15, -0.1) is 0 Å². The van der Waals surface area contributed by atoms with Crippen LogP contribution in [0, 0.1) is 0 Å². The number of aromatic nitrogens is 2. The predicted octanol–water partition coefficient (Wildman–Crippen LogP) is 2.01. The number of hydrogen-bond acceptors (Lipinski definition) is 3. The number of hydrogen-bond donors (Lipinski definition) is 0. The smallest absolute Gasteiger partial charge is 0.261 e. The van der Waals surface area contributed by atoms with Gasteiger partial charge in [-0.05, 0) is 45.0 Å². The van der Waals surface area contributed by atoms with Crippen molar-refractivity contribution in [3.8, 4) is 0 Å². The van der Waals surface area contributed by atoms with Gasteiger partial charge in [0.2, 0.25) is 0 Å². The zero-order valence-corrected chi connectivity index (χ0v) is 11.3. The lowest BCUT2D eigenvalue weighted by Crippen LogP contribution is -2.29. The predicted molar refractivity (Wildman–Crippen MR) is 76.2 cm³/mol. The Hall–Kier alpha value is -1.68. The van der Waals surface area contributed by atoms with Gasteiger partial charge in [-0.1, -0.05) is 12.1 Å². The normalized spacial score (nSPS) is 16.3. The van der Waals surface area contributed by atoms with Crippen molar-refractivity contribution in [2.24, 2.45) is 0 Å². The highest BCUT2D eigenvalue weighted by Gasteiger charge is 2.16. The summed E-state index contributed by atoms with van der Waals surface area (Å²) in [5, 5.41) is 0.717. The van der Waals surface area contributed by atoms with Crippen LogP contribution in [0.15, 0.2) is 29.1 Å². The molecule has 1 aliphatic rings. The molecule has 0 amide bonds. The van der Waals surface area contributed by atoms with Crippen molar-refractivity contribution in [3.63, 3.8) is 0 Å². The first-order valence-electron chi connectivity index (χ1n) is 7.00. The second kappa shape index (κ2) is 5.13. The summed E-state index contributed by atoms with van der Waals surface area (Å²) in [5.74, 6) is 0.896. The number of benzene rings is 1. The standard InChI is InChI=1S/C15H19N3O/c1-2-18-14(11-17-9-5-6-10-17)16-13-8-4-3-7-12(13)15(18)19/h3-4,7-8H,2,5-6,9-11H2,1H3. The Morgan fingerprint density at radius 1 is 1.21 bits per heavy atom. The zero-order chi connectivity index (χ0) is 13.2. The molecule has 1 aromatic heterocycles. The Bertz CT molecular complexity index is 641. The molecule has 0 saturated carbocycles. The van der Waals surface area contributed by atoms with E-state index in [9.17, 15) is 4.79 Å². The molecule has 2 heterocycles. The average molecular weight is 257 g/mol. The fraction of sp³-hybridized carbons (Fsp3) is 0.467. The molecule has 1 aromatic carbocycles. The minimum absolute atomic E-state index is 0.0855. The Balaban J connectivity index is 2.09. The maximum atomic E-state index is 12.5. The molecule has 4 heteroatoms. The van der Waals surface area contributed by atoms with E-state index < -0.39 is 0 Å². The number of para-hydroxylation sites is 1. The SMILES string of the molecule is CCn1c(CN2CCCC2)nc2ccccc2c1=O. The summed E-state index contributed by atoms with van der Waals surface area (Å²) in [6, 6.07) is 7.61. The van der Waals surface area contributed by atoms with Gasteiger partial charge in [-0.2, -0.15) is 0 Å². The van der Waals surface area contributed by atoms with Crippen LogP contribution in [0.4, 0.5) is 0 Å². The summed E-state index contributed by atoms with van der Waals surface area (Å²) in [6.45, 7) is 5.71. The number of rotatable bonds is 3. The molecule has 1 fully saturated rings. The first-order valence-corrected chi connectivity index (χ1v) is 7.00. The van der Waals surface area contributed by atoms with Crippen molar-refractivity contribution in [2.45, 2.75) is 32.9 Å². The summed E-state index contributed by atoms with van der Waals surface area (Å²) in [6.07, 6.45) is 2.51. The molecular formula is C15H19N3O. The van der Waals surface area contributed by atoms with Gasteiger partial charge in [-0.25, -0.2) is 4.98 Å². The number of fused-ring (bicyclic) bond motifs is 1. The highest BCUT2D eigenvalue weighted by molar-refractivity contribution is 5.77. The number of likely N-dealkylation sites (tertiary alicyclic amines) is 1. The van der Waals surface area contributed by atoms with E-state index in [1.54, 1.807) is 4.57 Å². The monoisotopic (exact) mass is 257 g/mol. The topological polar surface area (TPSA) is 38.1 Å². The van der Waals surface area contributed by atoms with E-state index in [0.717, 1.165) is 36.4 Å². The Morgan fingerprint density at radius 3 is 2.68 bits per heavy atom. The van der Waals surface area contributed by atoms with E-state index in [4.69, 9.17) is 4.98 Å². The van der Waals surface area contributed by atoms with Crippen LogP contribution in [0.5, 0.6) is 0 Å². The van der Waals surface area contributed by atoms with E-state index in [0.29, 0.717) is 6.54 Å². The molecule has 0 N–H and O–H groups in total. The lowest BCUT2D eigenvalue weighted by molar-refractivity contribution is 0.314. The van der Waals surface area contributed by atoms with Gasteiger partial charge in [0.05, 0.1) is 17.4 Å². The van der Waals surface area contributed by atoms with E-state index in [2.05, 4.69) is 4.90 Å². The first-order chi connectivity index (χ1) is 9.29. The lowest BCUT2D eigenvalue weighted by Gasteiger charge is -2.17. The third-order valence-electron chi connectivity index (χ3n) is 3.82. The van der Waals surface area contributed by atoms with Crippen molar-refractivity contribution in [2.75, 3.05) is 13.1 Å². The van der Waals surface area contributed by atoms with Gasteiger partial charge >= 0.3 is 0 Å². The molecule has 4 nitrogen and oxygen atoms in total. The van der Waals surface area contributed by atoms with Crippen molar-refractivity contribution in [1.29, 1.82) is 0 Å². The van der Waals surface area contributed by atoms with E-state index in [1.165, 1.54) is 12.8 Å². The fourth-order valence-corrected chi connectivity index (χ4v) is 2.80. The molecule has 1 aliphatic heterocycles. The van der Waals surface area contributed by atoms with Crippen molar-refractivity contribution in [3.05, 3.63) is 40.4 Å². The molecule has 0 bridgehead atoms. The highest BCUT2D eigenvalue weighted by Crippen LogP contribution is 2.13. The summed E-state index contributed by atoms with van der Waals surface area (Å²) in [7, 11) is 0. The lowest BCUT2D eigenvalue weighted by atomic mass is 10.2. The van der Waals surface area contributed by atoms with E-state index >= 15 is 0 Å². The molecule has 100 valence electrons. The minimum atomic E-state index is 0.0855. The molecule has 0 radical (unpaired) electrons. The van der Waals surface area contributed by atoms with Crippen LogP contribution in [0.3, 0.4) is 0 Å². The van der Waals surface area contributed by atoms with Crippen LogP contribution in [-0.2, 0) is 13.1 Å². The van der Waals surface area contributed by atoms with Crippen LogP contribution in [-0.4, -0.2) is 27.5 Å². The van der Waals surface area contributed by atoms with Gasteiger partial charge in [0, 0.05) is 6.54 Å². The molecule has 0 unspecified atom stereocenters. The fourth-order valence-electron chi connectivity index (χ4n) is 2.80. The van der Waals surface area contributed by atoms with Crippen molar-refractivity contribution < 1.29 is 0 Å². The van der Waals surface area contributed by atoms with Crippen LogP contribution >= 0.6 is 0 Å². The largest absolute Gasteiger partial charge is 0.296 e. The molecule has 19 heavy (non-hydrogen) atoms. The van der Waals surface area contributed by atoms with E-state index in [-0.39, 0.29) is 5.56 Å². The van der Waals surface area contributed by atoms with Gasteiger partial charge in [0.1, 0.15) is 5.82 Å². The van der Waals surface area contributed by atoms with Gasteiger partial charge in [0.15, 0.2) is 0 Å². The number of nitrogens with zero attached hydrogens (tertiary/aromatic N) is 3. The molecule has 0 aliphatic carbocycles. The maximum Gasteiger partial charge on any atom is 0.261 e. The third-order valence-corrected chi connectivity index (χ3v) is 3.82. The second-order valence-electron chi connectivity index (χ2n) is 5.08. The molecule has 1 saturated heterocycles. The van der Waals surface area contributed by atoms with Gasteiger partial charge in [0.25, 0.3) is 5.56 Å². The van der Waals surface area contributed by atoms with Crippen LogP contribution in [0.2, 0.25) is 0 Å².